The van der Waals surface area contributed by atoms with E-state index in [-0.39, 0.29) is 22.8 Å². The Labute approximate surface area is 133 Å². The van der Waals surface area contributed by atoms with Gasteiger partial charge in [-0.1, -0.05) is 0 Å². The molecule has 0 atom stereocenters. The molecule has 7 nitrogen and oxygen atoms in total. The second-order valence-corrected chi connectivity index (χ2v) is 8.70. The lowest BCUT2D eigenvalue weighted by Crippen LogP contribution is -2.51. The lowest BCUT2D eigenvalue weighted by atomic mass is 9.94. The molecule has 0 unspecified atom stereocenters. The zero-order valence-corrected chi connectivity index (χ0v) is 13.9. The number of nitrogens with zero attached hydrogens (tertiary/aromatic N) is 1. The van der Waals surface area contributed by atoms with E-state index in [4.69, 9.17) is 0 Å². The Balaban J connectivity index is 1.84. The molecule has 8 heteroatoms. The summed E-state index contributed by atoms with van der Waals surface area (Å²) >= 11 is 0. The number of pyridine rings is 1. The SMILES string of the molecule is Cc1c(=O)ccn2[nH]c(C(=O)NC3(C)CCS(=O)(=O)CC3)cc12. The Morgan fingerprint density at radius 3 is 2.65 bits per heavy atom. The van der Waals surface area contributed by atoms with Crippen molar-refractivity contribution in [3.63, 3.8) is 0 Å². The summed E-state index contributed by atoms with van der Waals surface area (Å²) in [5, 5.41) is 5.85. The molecular weight excluding hydrogens is 318 g/mol. The van der Waals surface area contributed by atoms with Gasteiger partial charge in [-0.2, -0.15) is 0 Å². The molecule has 0 saturated carbocycles. The number of fused-ring (bicyclic) bond motifs is 1. The van der Waals surface area contributed by atoms with Crippen LogP contribution >= 0.6 is 0 Å². The zero-order valence-electron chi connectivity index (χ0n) is 13.0. The van der Waals surface area contributed by atoms with Crippen LogP contribution in [-0.2, 0) is 9.84 Å². The highest BCUT2D eigenvalue weighted by Crippen LogP contribution is 2.23. The molecule has 0 aliphatic carbocycles. The molecule has 0 bridgehead atoms. The van der Waals surface area contributed by atoms with Crippen molar-refractivity contribution in [2.75, 3.05) is 11.5 Å². The minimum Gasteiger partial charge on any atom is -0.346 e. The van der Waals surface area contributed by atoms with Gasteiger partial charge in [0.15, 0.2) is 5.43 Å². The largest absolute Gasteiger partial charge is 0.346 e. The highest BCUT2D eigenvalue weighted by Gasteiger charge is 2.34. The molecule has 2 aromatic heterocycles. The van der Waals surface area contributed by atoms with E-state index in [0.29, 0.717) is 29.6 Å². The van der Waals surface area contributed by atoms with Crippen molar-refractivity contribution < 1.29 is 13.2 Å². The topological polar surface area (TPSA) is 101 Å². The van der Waals surface area contributed by atoms with Gasteiger partial charge in [-0.3, -0.25) is 19.2 Å². The second kappa shape index (κ2) is 5.23. The number of aromatic nitrogens is 2. The third-order valence-corrected chi connectivity index (χ3v) is 6.15. The lowest BCUT2D eigenvalue weighted by molar-refractivity contribution is 0.0894. The van der Waals surface area contributed by atoms with Gasteiger partial charge in [0.25, 0.3) is 5.91 Å². The van der Waals surface area contributed by atoms with Crippen molar-refractivity contribution >= 4 is 21.3 Å². The Kier molecular flexibility index (Phi) is 3.59. The molecule has 0 radical (unpaired) electrons. The highest BCUT2D eigenvalue weighted by atomic mass is 32.2. The molecule has 1 fully saturated rings. The summed E-state index contributed by atoms with van der Waals surface area (Å²) in [6.07, 6.45) is 2.38. The van der Waals surface area contributed by atoms with Crippen LogP contribution in [0, 0.1) is 6.92 Å². The van der Waals surface area contributed by atoms with Crippen molar-refractivity contribution in [1.82, 2.24) is 14.9 Å². The fourth-order valence-electron chi connectivity index (χ4n) is 2.80. The number of hydrogen-bond acceptors (Lipinski definition) is 4. The number of aryl methyl sites for hydroxylation is 1. The summed E-state index contributed by atoms with van der Waals surface area (Å²) in [6, 6.07) is 3.07. The average Bonchev–Trinajstić information content (AvgIpc) is 2.92. The van der Waals surface area contributed by atoms with E-state index in [1.807, 2.05) is 6.92 Å². The van der Waals surface area contributed by atoms with Gasteiger partial charge >= 0.3 is 0 Å². The first kappa shape index (κ1) is 15.8. The first-order valence-corrected chi connectivity index (χ1v) is 9.25. The van der Waals surface area contributed by atoms with Crippen molar-refractivity contribution in [3.05, 3.63) is 39.8 Å². The van der Waals surface area contributed by atoms with E-state index < -0.39 is 15.4 Å². The average molecular weight is 337 g/mol. The van der Waals surface area contributed by atoms with Gasteiger partial charge in [-0.25, -0.2) is 8.42 Å². The van der Waals surface area contributed by atoms with E-state index in [0.717, 1.165) is 0 Å². The molecule has 1 amide bonds. The molecule has 2 aromatic rings. The Morgan fingerprint density at radius 1 is 1.35 bits per heavy atom. The van der Waals surface area contributed by atoms with E-state index in [2.05, 4.69) is 10.4 Å². The third-order valence-electron chi connectivity index (χ3n) is 4.50. The van der Waals surface area contributed by atoms with Crippen molar-refractivity contribution in [1.29, 1.82) is 0 Å². The normalized spacial score (nSPS) is 19.6. The van der Waals surface area contributed by atoms with Crippen LogP contribution in [0.15, 0.2) is 23.1 Å². The summed E-state index contributed by atoms with van der Waals surface area (Å²) in [5.74, 6) is -0.129. The predicted molar refractivity (Wildman–Crippen MR) is 86.5 cm³/mol. The molecule has 0 spiro atoms. The highest BCUT2D eigenvalue weighted by molar-refractivity contribution is 7.91. The standard InChI is InChI=1S/C15H19N3O4S/c1-10-12-9-11(17-18(12)6-3-13(10)19)14(20)16-15(2)4-7-23(21,22)8-5-15/h3,6,9,17H,4-5,7-8H2,1-2H3,(H,16,20). The lowest BCUT2D eigenvalue weighted by Gasteiger charge is -2.34. The molecule has 1 aliphatic rings. The number of amides is 1. The van der Waals surface area contributed by atoms with E-state index in [9.17, 15) is 18.0 Å². The molecule has 124 valence electrons. The number of nitrogens with one attached hydrogen (secondary N) is 2. The summed E-state index contributed by atoms with van der Waals surface area (Å²) in [4.78, 5) is 24.1. The summed E-state index contributed by atoms with van der Waals surface area (Å²) in [5.41, 5.74) is 0.939. The van der Waals surface area contributed by atoms with E-state index in [1.165, 1.54) is 6.07 Å². The summed E-state index contributed by atoms with van der Waals surface area (Å²) < 4.78 is 24.7. The van der Waals surface area contributed by atoms with Crippen LogP contribution in [0.2, 0.25) is 0 Å². The number of H-pyrrole nitrogens is 1. The number of carbonyl (C=O) groups excluding carboxylic acids is 1. The van der Waals surface area contributed by atoms with E-state index in [1.54, 1.807) is 23.7 Å². The molecule has 23 heavy (non-hydrogen) atoms. The van der Waals surface area contributed by atoms with Crippen molar-refractivity contribution in [3.8, 4) is 0 Å². The quantitative estimate of drug-likeness (QED) is 0.839. The maximum atomic E-state index is 12.5. The minimum absolute atomic E-state index is 0.0830. The van der Waals surface area contributed by atoms with Crippen molar-refractivity contribution in [2.24, 2.45) is 0 Å². The maximum Gasteiger partial charge on any atom is 0.269 e. The molecule has 0 aromatic carbocycles. The van der Waals surface area contributed by atoms with Crippen LogP contribution in [0.3, 0.4) is 0 Å². The third kappa shape index (κ3) is 3.03. The van der Waals surface area contributed by atoms with Gasteiger partial charge in [0, 0.05) is 23.4 Å². The van der Waals surface area contributed by atoms with Crippen LogP contribution in [0.4, 0.5) is 0 Å². The molecule has 2 N–H and O–H groups in total. The first-order chi connectivity index (χ1) is 10.7. The monoisotopic (exact) mass is 337 g/mol. The zero-order chi connectivity index (χ0) is 16.8. The molecular formula is C15H19N3O4S. The number of carbonyl (C=O) groups is 1. The van der Waals surface area contributed by atoms with Crippen molar-refractivity contribution in [2.45, 2.75) is 32.2 Å². The first-order valence-electron chi connectivity index (χ1n) is 7.43. The number of aromatic amines is 1. The fraction of sp³-hybridized carbons (Fsp3) is 0.467. The van der Waals surface area contributed by atoms with Crippen LogP contribution in [0.1, 0.15) is 35.8 Å². The smallest absolute Gasteiger partial charge is 0.269 e. The predicted octanol–water partition coefficient (Wildman–Crippen LogP) is 0.633. The van der Waals surface area contributed by atoms with E-state index >= 15 is 0 Å². The number of sulfone groups is 1. The van der Waals surface area contributed by atoms with Gasteiger partial charge in [-0.15, -0.1) is 0 Å². The Morgan fingerprint density at radius 2 is 2.00 bits per heavy atom. The molecule has 1 saturated heterocycles. The van der Waals surface area contributed by atoms with Gasteiger partial charge in [0.05, 0.1) is 17.0 Å². The van der Waals surface area contributed by atoms with Gasteiger partial charge in [0.2, 0.25) is 0 Å². The molecule has 1 aliphatic heterocycles. The van der Waals surface area contributed by atoms with Crippen LogP contribution in [-0.4, -0.2) is 41.0 Å². The van der Waals surface area contributed by atoms with Gasteiger partial charge in [-0.05, 0) is 32.8 Å². The maximum absolute atomic E-state index is 12.5. The van der Waals surface area contributed by atoms with Gasteiger partial charge in [0.1, 0.15) is 15.5 Å². The summed E-state index contributed by atoms with van der Waals surface area (Å²) in [7, 11) is -2.98. The number of hydrogen-bond donors (Lipinski definition) is 2. The molecule has 3 rings (SSSR count). The van der Waals surface area contributed by atoms with Crippen LogP contribution in [0.5, 0.6) is 0 Å². The summed E-state index contributed by atoms with van der Waals surface area (Å²) in [6.45, 7) is 3.57. The van der Waals surface area contributed by atoms with Crippen LogP contribution < -0.4 is 10.7 Å². The Bertz CT molecular complexity index is 925. The Hall–Kier alpha value is -2.09. The van der Waals surface area contributed by atoms with Crippen LogP contribution in [0.25, 0.3) is 5.52 Å². The molecule has 3 heterocycles. The fourth-order valence-corrected chi connectivity index (χ4v) is 4.53. The number of rotatable bonds is 2. The second-order valence-electron chi connectivity index (χ2n) is 6.40. The van der Waals surface area contributed by atoms with Gasteiger partial charge < -0.3 is 5.32 Å². The minimum atomic E-state index is -2.98.